The Bertz CT molecular complexity index is 905. The van der Waals surface area contributed by atoms with Crippen molar-refractivity contribution in [2.75, 3.05) is 19.8 Å². The smallest absolute Gasteiger partial charge is 0.312 e. The van der Waals surface area contributed by atoms with E-state index < -0.39 is 41.1 Å². The fraction of sp³-hybridized carbons (Fsp3) is 0.759. The molecule has 0 aliphatic carbocycles. The molecule has 3 fully saturated rings. The molecule has 2 bridgehead atoms. The van der Waals surface area contributed by atoms with Gasteiger partial charge in [-0.1, -0.05) is 46.3 Å². The van der Waals surface area contributed by atoms with E-state index in [9.17, 15) is 19.5 Å². The van der Waals surface area contributed by atoms with Crippen molar-refractivity contribution in [3.8, 4) is 0 Å². The molecular weight excluding hydrogens is 472 g/mol. The molecule has 0 saturated carbocycles. The minimum Gasteiger partial charge on any atom is -0.465 e. The molecule has 8 nitrogen and oxygen atoms in total. The van der Waals surface area contributed by atoms with Gasteiger partial charge in [-0.25, -0.2) is 0 Å². The number of amides is 2. The number of hydrogen-bond donors (Lipinski definition) is 1. The topological polar surface area (TPSA) is 96.4 Å². The number of carbonyl (C=O) groups excluding carboxylic acids is 3. The quantitative estimate of drug-likeness (QED) is 0.228. The summed E-state index contributed by atoms with van der Waals surface area (Å²) in [6.07, 6.45) is 6.06. The molecule has 0 radical (unpaired) electrons. The molecule has 2 amide bonds. The van der Waals surface area contributed by atoms with Gasteiger partial charge in [-0.3, -0.25) is 14.4 Å². The highest BCUT2D eigenvalue weighted by Crippen LogP contribution is 2.65. The molecule has 3 aliphatic heterocycles. The number of esters is 1. The average molecular weight is 519 g/mol. The Hall–Kier alpha value is -2.19. The SMILES string of the molecule is C=CCCOC(=O)[C@@H]1[C@H]2C(=O)N([C@@H](CO)C(C)C)C(C(=O)N(CC=C)C(C)CCC)C23CC(C)[C@@]1(C)O3. The van der Waals surface area contributed by atoms with Crippen LogP contribution in [0.15, 0.2) is 25.3 Å². The van der Waals surface area contributed by atoms with Crippen LogP contribution in [-0.4, -0.2) is 81.8 Å². The van der Waals surface area contributed by atoms with Crippen LogP contribution in [0.25, 0.3) is 0 Å². The summed E-state index contributed by atoms with van der Waals surface area (Å²) in [6.45, 7) is 19.6. The minimum atomic E-state index is -1.17. The number of fused-ring (bicyclic) bond motifs is 1. The molecule has 0 aromatic carbocycles. The van der Waals surface area contributed by atoms with Gasteiger partial charge >= 0.3 is 5.97 Å². The normalized spacial score (nSPS) is 33.8. The van der Waals surface area contributed by atoms with Gasteiger partial charge in [0.15, 0.2) is 0 Å². The van der Waals surface area contributed by atoms with E-state index in [1.807, 2.05) is 34.6 Å². The van der Waals surface area contributed by atoms with E-state index in [2.05, 4.69) is 20.1 Å². The maximum Gasteiger partial charge on any atom is 0.312 e. The van der Waals surface area contributed by atoms with Crippen LogP contribution in [0, 0.1) is 23.7 Å². The molecule has 0 aromatic heterocycles. The highest BCUT2D eigenvalue weighted by atomic mass is 16.6. The van der Waals surface area contributed by atoms with Crippen LogP contribution < -0.4 is 0 Å². The molecule has 1 N–H and O–H groups in total. The summed E-state index contributed by atoms with van der Waals surface area (Å²) < 4.78 is 12.4. The van der Waals surface area contributed by atoms with Crippen LogP contribution in [0.2, 0.25) is 0 Å². The molecule has 8 heteroatoms. The standard InChI is InChI=1S/C29H46N2O6/c1-9-12-15-36-27(35)23-22-25(33)31(21(17-32)18(4)5)24(29(22)16-19(6)28(23,8)37-29)26(34)30(14-11-3)20(7)13-10-2/h9,11,18-24,32H,1,3,10,12-17H2,2,4-8H3/t19?,20?,21-,22-,23-,24?,28+,29?/m0/s1. The van der Waals surface area contributed by atoms with Crippen LogP contribution in [0.3, 0.4) is 0 Å². The van der Waals surface area contributed by atoms with Crippen LogP contribution in [0.4, 0.5) is 0 Å². The lowest BCUT2D eigenvalue weighted by Gasteiger charge is -2.42. The van der Waals surface area contributed by atoms with Gasteiger partial charge in [0.2, 0.25) is 11.8 Å². The van der Waals surface area contributed by atoms with Gasteiger partial charge < -0.3 is 24.4 Å². The number of ether oxygens (including phenoxy) is 2. The summed E-state index contributed by atoms with van der Waals surface area (Å²) in [6, 6.07) is -1.60. The second-order valence-electron chi connectivity index (χ2n) is 11.6. The molecule has 8 atom stereocenters. The Morgan fingerprint density at radius 3 is 2.51 bits per heavy atom. The first-order valence-electron chi connectivity index (χ1n) is 13.8. The molecule has 1 spiro atoms. The largest absolute Gasteiger partial charge is 0.465 e. The van der Waals surface area contributed by atoms with Gasteiger partial charge in [-0.15, -0.1) is 13.2 Å². The summed E-state index contributed by atoms with van der Waals surface area (Å²) in [4.78, 5) is 45.5. The second kappa shape index (κ2) is 11.3. The molecule has 0 aromatic rings. The van der Waals surface area contributed by atoms with Gasteiger partial charge in [0.25, 0.3) is 0 Å². The third-order valence-corrected chi connectivity index (χ3v) is 8.97. The third kappa shape index (κ3) is 4.65. The van der Waals surface area contributed by atoms with Gasteiger partial charge in [-0.05, 0) is 44.9 Å². The number of carbonyl (C=O) groups is 3. The van der Waals surface area contributed by atoms with Crippen molar-refractivity contribution in [1.29, 1.82) is 0 Å². The highest BCUT2D eigenvalue weighted by Gasteiger charge is 2.80. The molecule has 3 saturated heterocycles. The summed E-state index contributed by atoms with van der Waals surface area (Å²) >= 11 is 0. The molecule has 208 valence electrons. The molecule has 4 unspecified atom stereocenters. The highest BCUT2D eigenvalue weighted by molar-refractivity contribution is 5.99. The molecule has 3 heterocycles. The van der Waals surface area contributed by atoms with E-state index in [1.54, 1.807) is 22.0 Å². The predicted molar refractivity (Wildman–Crippen MR) is 141 cm³/mol. The van der Waals surface area contributed by atoms with E-state index in [0.717, 1.165) is 12.8 Å². The first kappa shape index (κ1) is 29.4. The fourth-order valence-corrected chi connectivity index (χ4v) is 6.98. The van der Waals surface area contributed by atoms with E-state index in [1.165, 1.54) is 0 Å². The Kier molecular flexibility index (Phi) is 8.95. The lowest BCUT2D eigenvalue weighted by molar-refractivity contribution is -0.164. The fourth-order valence-electron chi connectivity index (χ4n) is 6.98. The molecule has 37 heavy (non-hydrogen) atoms. The first-order valence-corrected chi connectivity index (χ1v) is 13.8. The second-order valence-corrected chi connectivity index (χ2v) is 11.6. The van der Waals surface area contributed by atoms with Gasteiger partial charge in [0.05, 0.1) is 30.8 Å². The maximum absolute atomic E-state index is 14.5. The van der Waals surface area contributed by atoms with Crippen LogP contribution in [-0.2, 0) is 23.9 Å². The molecule has 3 rings (SSSR count). The zero-order chi connectivity index (χ0) is 27.7. The monoisotopic (exact) mass is 518 g/mol. The Morgan fingerprint density at radius 1 is 1.30 bits per heavy atom. The Morgan fingerprint density at radius 2 is 1.97 bits per heavy atom. The average Bonchev–Trinajstić information content (AvgIpc) is 3.35. The van der Waals surface area contributed by atoms with E-state index in [0.29, 0.717) is 19.4 Å². The Balaban J connectivity index is 2.15. The van der Waals surface area contributed by atoms with Crippen molar-refractivity contribution in [3.63, 3.8) is 0 Å². The number of likely N-dealkylation sites (tertiary alicyclic amines) is 1. The van der Waals surface area contributed by atoms with E-state index in [4.69, 9.17) is 9.47 Å². The van der Waals surface area contributed by atoms with Crippen molar-refractivity contribution >= 4 is 17.8 Å². The predicted octanol–water partition coefficient (Wildman–Crippen LogP) is 3.34. The lowest BCUT2D eigenvalue weighted by atomic mass is 9.62. The number of rotatable bonds is 13. The maximum atomic E-state index is 14.5. The van der Waals surface area contributed by atoms with Crippen molar-refractivity contribution in [2.45, 2.75) is 96.6 Å². The number of aliphatic hydroxyl groups is 1. The molecule has 3 aliphatic rings. The zero-order valence-electron chi connectivity index (χ0n) is 23.4. The Labute approximate surface area is 222 Å². The van der Waals surface area contributed by atoms with Crippen LogP contribution in [0.5, 0.6) is 0 Å². The molecular formula is C29H46N2O6. The van der Waals surface area contributed by atoms with E-state index >= 15 is 0 Å². The van der Waals surface area contributed by atoms with Crippen LogP contribution in [0.1, 0.15) is 67.2 Å². The van der Waals surface area contributed by atoms with Crippen LogP contribution >= 0.6 is 0 Å². The summed E-state index contributed by atoms with van der Waals surface area (Å²) in [7, 11) is 0. The number of hydrogen-bond acceptors (Lipinski definition) is 6. The summed E-state index contributed by atoms with van der Waals surface area (Å²) in [5.74, 6) is -2.86. The minimum absolute atomic E-state index is 0.0687. The van der Waals surface area contributed by atoms with Crippen molar-refractivity contribution in [1.82, 2.24) is 9.80 Å². The van der Waals surface area contributed by atoms with Gasteiger partial charge in [0, 0.05) is 12.6 Å². The summed E-state index contributed by atoms with van der Waals surface area (Å²) in [5.41, 5.74) is -2.10. The van der Waals surface area contributed by atoms with Gasteiger partial charge in [-0.2, -0.15) is 0 Å². The van der Waals surface area contributed by atoms with Gasteiger partial charge in [0.1, 0.15) is 17.6 Å². The van der Waals surface area contributed by atoms with E-state index in [-0.39, 0.29) is 42.9 Å². The summed E-state index contributed by atoms with van der Waals surface area (Å²) in [5, 5.41) is 10.4. The van der Waals surface area contributed by atoms with Crippen molar-refractivity contribution < 1.29 is 29.0 Å². The van der Waals surface area contributed by atoms with Crippen molar-refractivity contribution in [3.05, 3.63) is 25.3 Å². The first-order chi connectivity index (χ1) is 17.5. The lowest BCUT2D eigenvalue weighted by Crippen LogP contribution is -2.60. The number of nitrogens with zero attached hydrogens (tertiary/aromatic N) is 2. The third-order valence-electron chi connectivity index (χ3n) is 8.97. The van der Waals surface area contributed by atoms with Crippen molar-refractivity contribution in [2.24, 2.45) is 23.7 Å². The number of aliphatic hydroxyl groups excluding tert-OH is 1. The zero-order valence-corrected chi connectivity index (χ0v) is 23.4.